The van der Waals surface area contributed by atoms with E-state index < -0.39 is 34.3 Å². The number of ether oxygens (including phenoxy) is 2. The van der Waals surface area contributed by atoms with Crippen LogP contribution in [0.25, 0.3) is 0 Å². The number of rotatable bonds is 17. The third kappa shape index (κ3) is 11.2. The minimum atomic E-state index is -0.821. The number of pyridine rings is 1. The van der Waals surface area contributed by atoms with Crippen LogP contribution in [0, 0.1) is 33.5 Å². The van der Waals surface area contributed by atoms with E-state index >= 15 is 0 Å². The van der Waals surface area contributed by atoms with Gasteiger partial charge in [-0.15, -0.1) is 0 Å². The van der Waals surface area contributed by atoms with Crippen LogP contribution in [-0.2, 0) is 25.7 Å². The summed E-state index contributed by atoms with van der Waals surface area (Å²) in [5, 5.41) is 26.3. The maximum atomic E-state index is 14.1. The van der Waals surface area contributed by atoms with E-state index in [1.807, 2.05) is 39.0 Å². The first kappa shape index (κ1) is 48.9. The highest BCUT2D eigenvalue weighted by molar-refractivity contribution is 6.31. The number of β-amino-alcohol motifs (C(OH)–C–C–N with tert-alkyl or cyclic N) is 1. The molecule has 4 fully saturated rings. The van der Waals surface area contributed by atoms with Crippen LogP contribution in [0.2, 0.25) is 5.02 Å². The maximum absolute atomic E-state index is 14.1. The van der Waals surface area contributed by atoms with Crippen molar-refractivity contribution >= 4 is 40.9 Å². The molecular weight excluding hydrogens is 858 g/mol. The van der Waals surface area contributed by atoms with E-state index in [0.717, 1.165) is 37.6 Å². The second-order valence-corrected chi connectivity index (χ2v) is 21.3. The molecule has 4 aliphatic rings. The van der Waals surface area contributed by atoms with Crippen molar-refractivity contribution in [2.75, 3.05) is 57.4 Å². The van der Waals surface area contributed by atoms with Gasteiger partial charge in [0.1, 0.15) is 36.4 Å². The number of anilines is 1. The monoisotopic (exact) mass is 923 g/mol. The van der Waals surface area contributed by atoms with Crippen molar-refractivity contribution in [1.29, 1.82) is 5.26 Å². The van der Waals surface area contributed by atoms with E-state index in [-0.39, 0.29) is 61.6 Å². The van der Waals surface area contributed by atoms with Gasteiger partial charge in [-0.1, -0.05) is 84.3 Å². The zero-order valence-electron chi connectivity index (χ0n) is 39.4. The number of aromatic nitrogens is 1. The maximum Gasteiger partial charge on any atom is 0.253 e. The molecule has 2 saturated carbocycles. The van der Waals surface area contributed by atoms with Gasteiger partial charge in [0.25, 0.3) is 5.91 Å². The Morgan fingerprint density at radius 2 is 1.68 bits per heavy atom. The zero-order chi connectivity index (χ0) is 47.6. The van der Waals surface area contributed by atoms with Gasteiger partial charge in [-0.05, 0) is 59.6 Å². The van der Waals surface area contributed by atoms with Crippen molar-refractivity contribution in [2.45, 2.75) is 111 Å². The molecule has 2 aliphatic heterocycles. The molecule has 0 spiro atoms. The molecule has 0 radical (unpaired) electrons. The highest BCUT2D eigenvalue weighted by Gasteiger charge is 2.64. The van der Waals surface area contributed by atoms with E-state index in [2.05, 4.69) is 71.3 Å². The molecule has 0 unspecified atom stereocenters. The van der Waals surface area contributed by atoms with Gasteiger partial charge in [-0.3, -0.25) is 24.1 Å². The number of nitriles is 1. The Labute approximate surface area is 394 Å². The van der Waals surface area contributed by atoms with Crippen molar-refractivity contribution in [3.8, 4) is 11.8 Å². The molecule has 1 aromatic heterocycles. The van der Waals surface area contributed by atoms with E-state index in [0.29, 0.717) is 47.5 Å². The summed E-state index contributed by atoms with van der Waals surface area (Å²) in [6, 6.07) is 18.1. The van der Waals surface area contributed by atoms with Crippen LogP contribution in [0.4, 0.5) is 5.82 Å². The highest BCUT2D eigenvalue weighted by atomic mass is 35.5. The van der Waals surface area contributed by atoms with Crippen molar-refractivity contribution < 1.29 is 33.8 Å². The summed E-state index contributed by atoms with van der Waals surface area (Å²) in [5.74, 6) is 0.330. The molecular formula is C51H66ClN7O7. The first-order valence-corrected chi connectivity index (χ1v) is 23.7. The van der Waals surface area contributed by atoms with Crippen LogP contribution in [-0.4, -0.2) is 120 Å². The predicted molar refractivity (Wildman–Crippen MR) is 252 cm³/mol. The topological polar surface area (TPSA) is 177 Å². The van der Waals surface area contributed by atoms with Gasteiger partial charge in [0.2, 0.25) is 11.8 Å². The number of amides is 3. The molecule has 2 saturated heterocycles. The van der Waals surface area contributed by atoms with Crippen molar-refractivity contribution in [3.05, 3.63) is 88.1 Å². The van der Waals surface area contributed by atoms with Crippen molar-refractivity contribution in [3.63, 3.8) is 0 Å². The van der Waals surface area contributed by atoms with Gasteiger partial charge in [-0.25, -0.2) is 4.98 Å². The zero-order valence-corrected chi connectivity index (χ0v) is 40.2. The number of hydrogen-bond acceptors (Lipinski definition) is 11. The fourth-order valence-electron chi connectivity index (χ4n) is 10.3. The van der Waals surface area contributed by atoms with Crippen LogP contribution < -0.4 is 20.3 Å². The molecule has 15 heteroatoms. The number of aliphatic hydroxyl groups is 1. The average Bonchev–Trinajstić information content (AvgIpc) is 4.07. The van der Waals surface area contributed by atoms with Crippen LogP contribution in [0.1, 0.15) is 107 Å². The molecule has 3 heterocycles. The van der Waals surface area contributed by atoms with Gasteiger partial charge in [-0.2, -0.15) is 5.26 Å². The molecule has 0 bridgehead atoms. The molecule has 66 heavy (non-hydrogen) atoms. The average molecular weight is 925 g/mol. The van der Waals surface area contributed by atoms with E-state index in [9.17, 15) is 29.5 Å². The molecule has 3 N–H and O–H groups in total. The Morgan fingerprint density at radius 1 is 0.985 bits per heavy atom. The largest absolute Gasteiger partial charge is 0.489 e. The summed E-state index contributed by atoms with van der Waals surface area (Å²) in [5.41, 5.74) is 1.80. The van der Waals surface area contributed by atoms with Gasteiger partial charge in [0.15, 0.2) is 5.78 Å². The summed E-state index contributed by atoms with van der Waals surface area (Å²) >= 11 is 6.25. The lowest BCUT2D eigenvalue weighted by atomic mass is 9.49. The third-order valence-corrected chi connectivity index (χ3v) is 14.4. The first-order valence-electron chi connectivity index (χ1n) is 23.3. The second-order valence-electron chi connectivity index (χ2n) is 20.9. The summed E-state index contributed by atoms with van der Waals surface area (Å²) in [4.78, 5) is 64.8. The van der Waals surface area contributed by atoms with Crippen LogP contribution in [0.5, 0.6) is 5.75 Å². The number of carbonyl (C=O) groups is 4. The number of Topliss-reactive ketones (excluding diaryl/α,β-unsaturated/α-hetero) is 1. The number of nitrogens with zero attached hydrogens (tertiary/aromatic N) is 5. The fraction of sp³-hybridized carbons (Fsp3) is 0.569. The summed E-state index contributed by atoms with van der Waals surface area (Å²) in [6.45, 7) is 18.3. The van der Waals surface area contributed by atoms with Crippen LogP contribution in [0.15, 0.2) is 60.8 Å². The minimum Gasteiger partial charge on any atom is -0.489 e. The lowest BCUT2D eigenvalue weighted by molar-refractivity contribution is -0.164. The normalized spacial score (nSPS) is 23.0. The van der Waals surface area contributed by atoms with Gasteiger partial charge in [0, 0.05) is 93.7 Å². The summed E-state index contributed by atoms with van der Waals surface area (Å²) in [6.07, 6.45) is 3.16. The number of benzene rings is 2. The molecule has 7 rings (SSSR count). The Kier molecular flexibility index (Phi) is 14.8. The van der Waals surface area contributed by atoms with Crippen molar-refractivity contribution in [1.82, 2.24) is 25.4 Å². The molecule has 354 valence electrons. The van der Waals surface area contributed by atoms with Gasteiger partial charge >= 0.3 is 0 Å². The Hall–Kier alpha value is -5.07. The molecule has 3 aromatic rings. The van der Waals surface area contributed by atoms with Crippen LogP contribution in [0.3, 0.4) is 0 Å². The highest BCUT2D eigenvalue weighted by Crippen LogP contribution is 2.55. The third-order valence-electron chi connectivity index (χ3n) is 14.1. The number of aliphatic hydroxyl groups excluding tert-OH is 1. The summed E-state index contributed by atoms with van der Waals surface area (Å²) in [7, 11) is 0. The Bertz CT molecular complexity index is 2260. The molecule has 3 atom stereocenters. The lowest BCUT2D eigenvalue weighted by Gasteiger charge is -2.63. The van der Waals surface area contributed by atoms with Gasteiger partial charge in [0.05, 0.1) is 28.9 Å². The number of hydrogen-bond donors (Lipinski definition) is 3. The van der Waals surface area contributed by atoms with Crippen molar-refractivity contribution in [2.24, 2.45) is 22.2 Å². The lowest BCUT2D eigenvalue weighted by Crippen LogP contribution is -2.74. The smallest absolute Gasteiger partial charge is 0.253 e. The van der Waals surface area contributed by atoms with Gasteiger partial charge < -0.3 is 35.0 Å². The number of likely N-dealkylation sites (tertiary alicyclic amines) is 1. The Morgan fingerprint density at radius 3 is 2.29 bits per heavy atom. The second kappa shape index (κ2) is 20.0. The van der Waals surface area contributed by atoms with Crippen LogP contribution >= 0.6 is 11.6 Å². The number of carbonyl (C=O) groups excluding carboxylic acids is 4. The first-order chi connectivity index (χ1) is 31.3. The van der Waals surface area contributed by atoms with E-state index in [1.165, 1.54) is 23.3 Å². The number of piperazine rings is 1. The van der Waals surface area contributed by atoms with E-state index in [1.54, 1.807) is 30.5 Å². The number of halogens is 1. The van der Waals surface area contributed by atoms with E-state index in [4.69, 9.17) is 21.1 Å². The number of ketones is 1. The molecule has 2 aliphatic carbocycles. The minimum absolute atomic E-state index is 0.0220. The standard InChI is InChI=1S/C51H66ClN7O7/c1-49(2,3)40(46(64)59-30-37(60)25-42(59)45(63)55-28-32-8-10-33(11-9-32)34-12-13-34)24-38(61)31-65-23-22-57-18-20-58(21-19-57)43-17-15-36(29-54-43)44(62)56-47-50(4,5)48(51(47,6)7)66-39-16-14-35(27-53)41(52)26-39/h8-11,14-17,26,29,34,37,40,42,47-48,60H,12-13,18-25,28,30-31H2,1-7H3,(H,55,63)(H,56,62)/t37-,40-,42+,47?,48?/m1/s1. The molecule has 2 aromatic carbocycles. The quantitative estimate of drug-likeness (QED) is 0.133. The molecule has 3 amide bonds. The predicted octanol–water partition coefficient (Wildman–Crippen LogP) is 6.13. The number of nitrogens with one attached hydrogen (secondary N) is 2. The summed E-state index contributed by atoms with van der Waals surface area (Å²) < 4.78 is 12.2. The molecule has 14 nitrogen and oxygen atoms in total. The fourth-order valence-corrected chi connectivity index (χ4v) is 10.5. The Balaban J connectivity index is 0.820. The SMILES string of the molecule is CC1(C)C(NC(=O)c2ccc(N3CCN(CCOCC(=O)C[C@H](C(=O)N4C[C@H](O)C[C@H]4C(=O)NCc4ccc(C5CC5)cc4)C(C)(C)C)CC3)nc2)C(C)(C)C1Oc1ccc(C#N)c(Cl)c1.